The van der Waals surface area contributed by atoms with Gasteiger partial charge >= 0.3 is 5.97 Å². The number of ether oxygens (including phenoxy) is 1. The van der Waals surface area contributed by atoms with Crippen molar-refractivity contribution >= 4 is 11.6 Å². The first-order valence-corrected chi connectivity index (χ1v) is 4.58. The topological polar surface area (TPSA) is 103 Å². The summed E-state index contributed by atoms with van der Waals surface area (Å²) in [6.07, 6.45) is 3.28. The molecular formula is C9H10N4O3. The first-order valence-electron chi connectivity index (χ1n) is 4.58. The molecule has 0 radical (unpaired) electrons. The van der Waals surface area contributed by atoms with Gasteiger partial charge in [-0.1, -0.05) is 0 Å². The second kappa shape index (κ2) is 4.15. The van der Waals surface area contributed by atoms with Gasteiger partial charge in [-0.05, 0) is 0 Å². The number of fused-ring (bicyclic) bond motifs is 1. The summed E-state index contributed by atoms with van der Waals surface area (Å²) in [7, 11) is 0. The van der Waals surface area contributed by atoms with Crippen LogP contribution in [0.1, 0.15) is 0 Å². The maximum Gasteiger partial charge on any atom is 0.324 e. The molecule has 0 spiro atoms. The van der Waals surface area contributed by atoms with E-state index < -0.39 is 12.0 Å². The first-order chi connectivity index (χ1) is 7.66. The number of rotatable bonds is 4. The zero-order valence-corrected chi connectivity index (χ0v) is 8.28. The predicted octanol–water partition coefficient (Wildman–Crippen LogP) is -0.480. The van der Waals surface area contributed by atoms with E-state index in [9.17, 15) is 4.79 Å². The monoisotopic (exact) mass is 222 g/mol. The molecule has 0 aromatic carbocycles. The Hall–Kier alpha value is -2.15. The van der Waals surface area contributed by atoms with Crippen molar-refractivity contribution in [3.8, 4) is 5.88 Å². The van der Waals surface area contributed by atoms with Crippen molar-refractivity contribution in [1.82, 2.24) is 14.6 Å². The quantitative estimate of drug-likeness (QED) is 0.724. The van der Waals surface area contributed by atoms with Crippen molar-refractivity contribution < 1.29 is 14.6 Å². The summed E-state index contributed by atoms with van der Waals surface area (Å²) in [5, 5.41) is 12.5. The zero-order valence-electron chi connectivity index (χ0n) is 8.28. The molecule has 0 aliphatic carbocycles. The Labute approximate surface area is 90.5 Å². The van der Waals surface area contributed by atoms with E-state index in [4.69, 9.17) is 15.6 Å². The van der Waals surface area contributed by atoms with Gasteiger partial charge in [-0.3, -0.25) is 4.79 Å². The van der Waals surface area contributed by atoms with Crippen LogP contribution in [0.2, 0.25) is 0 Å². The van der Waals surface area contributed by atoms with Crippen molar-refractivity contribution in [3.05, 3.63) is 24.5 Å². The maximum absolute atomic E-state index is 10.5. The zero-order chi connectivity index (χ0) is 11.5. The van der Waals surface area contributed by atoms with Crippen LogP contribution in [0, 0.1) is 0 Å². The lowest BCUT2D eigenvalue weighted by Crippen LogP contribution is -2.36. The minimum atomic E-state index is -1.11. The molecule has 0 aliphatic heterocycles. The fourth-order valence-electron chi connectivity index (χ4n) is 1.12. The number of carboxylic acid groups (broad SMARTS) is 1. The summed E-state index contributed by atoms with van der Waals surface area (Å²) in [4.78, 5) is 14.5. The van der Waals surface area contributed by atoms with Gasteiger partial charge < -0.3 is 15.6 Å². The Morgan fingerprint density at radius 1 is 1.62 bits per heavy atom. The molecule has 0 bridgehead atoms. The van der Waals surface area contributed by atoms with E-state index in [-0.39, 0.29) is 6.61 Å². The highest BCUT2D eigenvalue weighted by Gasteiger charge is 2.12. The summed E-state index contributed by atoms with van der Waals surface area (Å²) in [6.45, 7) is -0.118. The summed E-state index contributed by atoms with van der Waals surface area (Å²) >= 11 is 0. The highest BCUT2D eigenvalue weighted by atomic mass is 16.5. The lowest BCUT2D eigenvalue weighted by Gasteiger charge is -2.08. The standard InChI is InChI=1S/C9H10N4O3/c10-6(9(14)15)5-16-8-2-4-13-7(12-8)1-3-11-13/h1-4,6H,5,10H2,(H,14,15). The predicted molar refractivity (Wildman–Crippen MR) is 54.1 cm³/mol. The molecule has 0 saturated carbocycles. The molecule has 0 fully saturated rings. The van der Waals surface area contributed by atoms with Gasteiger partial charge in [0, 0.05) is 18.3 Å². The Bertz CT molecular complexity index is 510. The van der Waals surface area contributed by atoms with E-state index in [1.807, 2.05) is 0 Å². The molecule has 7 nitrogen and oxygen atoms in total. The molecule has 84 valence electrons. The first kappa shape index (κ1) is 10.4. The molecule has 16 heavy (non-hydrogen) atoms. The van der Waals surface area contributed by atoms with E-state index in [0.29, 0.717) is 11.5 Å². The number of nitrogens with zero attached hydrogens (tertiary/aromatic N) is 3. The number of aromatic nitrogens is 3. The van der Waals surface area contributed by atoms with Gasteiger partial charge in [0.15, 0.2) is 5.65 Å². The fraction of sp³-hybridized carbons (Fsp3) is 0.222. The van der Waals surface area contributed by atoms with E-state index in [1.165, 1.54) is 0 Å². The van der Waals surface area contributed by atoms with Gasteiger partial charge in [0.1, 0.15) is 12.6 Å². The van der Waals surface area contributed by atoms with E-state index in [0.717, 1.165) is 0 Å². The second-order valence-electron chi connectivity index (χ2n) is 3.16. The van der Waals surface area contributed by atoms with Crippen LogP contribution < -0.4 is 10.5 Å². The molecule has 3 N–H and O–H groups in total. The maximum atomic E-state index is 10.5. The smallest absolute Gasteiger partial charge is 0.324 e. The Morgan fingerprint density at radius 2 is 2.44 bits per heavy atom. The third-order valence-corrected chi connectivity index (χ3v) is 1.96. The summed E-state index contributed by atoms with van der Waals surface area (Å²) in [6, 6.07) is 2.25. The highest BCUT2D eigenvalue weighted by Crippen LogP contribution is 2.08. The van der Waals surface area contributed by atoms with Crippen molar-refractivity contribution in [1.29, 1.82) is 0 Å². The van der Waals surface area contributed by atoms with Crippen LogP contribution in [0.3, 0.4) is 0 Å². The highest BCUT2D eigenvalue weighted by molar-refractivity contribution is 5.73. The fourth-order valence-corrected chi connectivity index (χ4v) is 1.12. The summed E-state index contributed by atoms with van der Waals surface area (Å²) in [5.41, 5.74) is 5.91. The normalized spacial score (nSPS) is 12.6. The number of hydrogen-bond acceptors (Lipinski definition) is 5. The molecule has 0 amide bonds. The van der Waals surface area contributed by atoms with Crippen molar-refractivity contribution in [3.63, 3.8) is 0 Å². The number of carbonyl (C=O) groups is 1. The number of hydrogen-bond donors (Lipinski definition) is 2. The molecule has 2 aromatic heterocycles. The van der Waals surface area contributed by atoms with Crippen LogP contribution in [0.4, 0.5) is 0 Å². The number of aliphatic carboxylic acids is 1. The van der Waals surface area contributed by atoms with Crippen LogP contribution in [0.5, 0.6) is 5.88 Å². The van der Waals surface area contributed by atoms with Crippen LogP contribution >= 0.6 is 0 Å². The van der Waals surface area contributed by atoms with Crippen LogP contribution in [-0.2, 0) is 4.79 Å². The second-order valence-corrected chi connectivity index (χ2v) is 3.16. The van der Waals surface area contributed by atoms with E-state index in [1.54, 1.807) is 29.0 Å². The Balaban J connectivity index is 2.06. The average molecular weight is 222 g/mol. The van der Waals surface area contributed by atoms with E-state index in [2.05, 4.69) is 10.1 Å². The van der Waals surface area contributed by atoms with Crippen molar-refractivity contribution in [2.45, 2.75) is 6.04 Å². The average Bonchev–Trinajstić information content (AvgIpc) is 2.72. The number of carboxylic acids is 1. The minimum Gasteiger partial charge on any atom is -0.480 e. The molecule has 2 aromatic rings. The SMILES string of the molecule is NC(COc1ccn2nccc2n1)C(=O)O. The van der Waals surface area contributed by atoms with Gasteiger partial charge in [0.25, 0.3) is 0 Å². The summed E-state index contributed by atoms with van der Waals surface area (Å²) < 4.78 is 6.72. The van der Waals surface area contributed by atoms with Crippen LogP contribution in [0.15, 0.2) is 24.5 Å². The Kier molecular flexibility index (Phi) is 2.69. The van der Waals surface area contributed by atoms with E-state index >= 15 is 0 Å². The molecule has 1 atom stereocenters. The number of nitrogens with two attached hydrogens (primary N) is 1. The molecular weight excluding hydrogens is 212 g/mol. The molecule has 2 heterocycles. The minimum absolute atomic E-state index is 0.118. The lowest BCUT2D eigenvalue weighted by atomic mass is 10.3. The molecule has 0 saturated heterocycles. The molecule has 2 rings (SSSR count). The van der Waals surface area contributed by atoms with Gasteiger partial charge in [0.05, 0.1) is 6.20 Å². The van der Waals surface area contributed by atoms with Gasteiger partial charge in [-0.25, -0.2) is 4.52 Å². The van der Waals surface area contributed by atoms with Crippen LogP contribution in [0.25, 0.3) is 5.65 Å². The van der Waals surface area contributed by atoms with Crippen molar-refractivity contribution in [2.24, 2.45) is 5.73 Å². The van der Waals surface area contributed by atoms with Gasteiger partial charge in [-0.2, -0.15) is 10.1 Å². The summed E-state index contributed by atoms with van der Waals surface area (Å²) in [5.74, 6) is -0.782. The third kappa shape index (κ3) is 2.09. The third-order valence-electron chi connectivity index (χ3n) is 1.96. The van der Waals surface area contributed by atoms with Gasteiger partial charge in [0.2, 0.25) is 5.88 Å². The van der Waals surface area contributed by atoms with Gasteiger partial charge in [-0.15, -0.1) is 0 Å². The van der Waals surface area contributed by atoms with Crippen molar-refractivity contribution in [2.75, 3.05) is 6.61 Å². The molecule has 7 heteroatoms. The Morgan fingerprint density at radius 3 is 3.19 bits per heavy atom. The molecule has 1 unspecified atom stereocenters. The largest absolute Gasteiger partial charge is 0.480 e. The lowest BCUT2D eigenvalue weighted by molar-refractivity contribution is -0.139. The molecule has 0 aliphatic rings. The van der Waals surface area contributed by atoms with Crippen LogP contribution in [-0.4, -0.2) is 38.3 Å².